The number of amides is 1. The average molecular weight is 458 g/mol. The van der Waals surface area contributed by atoms with Crippen LogP contribution in [0.2, 0.25) is 0 Å². The van der Waals surface area contributed by atoms with Crippen LogP contribution in [0.5, 0.6) is 0 Å². The molecule has 1 atom stereocenters. The normalized spacial score (nSPS) is 17.4. The fourth-order valence-electron chi connectivity index (χ4n) is 3.21. The van der Waals surface area contributed by atoms with Crippen molar-refractivity contribution < 1.29 is 9.53 Å². The molecule has 0 spiro atoms. The third kappa shape index (κ3) is 6.60. The monoisotopic (exact) mass is 457 g/mol. The number of piperidine rings is 1. The molecule has 1 fully saturated rings. The zero-order chi connectivity index (χ0) is 20.9. The van der Waals surface area contributed by atoms with Crippen LogP contribution in [-0.4, -0.2) is 40.7 Å². The van der Waals surface area contributed by atoms with E-state index in [2.05, 4.69) is 50.5 Å². The van der Waals surface area contributed by atoms with Gasteiger partial charge in [0.25, 0.3) is 0 Å². The Morgan fingerprint density at radius 3 is 2.72 bits per heavy atom. The molecule has 2 heterocycles. The van der Waals surface area contributed by atoms with E-state index in [4.69, 9.17) is 4.74 Å². The van der Waals surface area contributed by atoms with Gasteiger partial charge in [-0.25, -0.2) is 9.78 Å². The minimum atomic E-state index is -0.483. The molecule has 3 rings (SSSR count). The van der Waals surface area contributed by atoms with Crippen LogP contribution >= 0.6 is 15.9 Å². The quantitative estimate of drug-likeness (QED) is 0.627. The molecule has 0 saturated carbocycles. The number of hydrogen-bond donors (Lipinski definition) is 1. The molecule has 1 unspecified atom stereocenters. The van der Waals surface area contributed by atoms with Crippen LogP contribution in [-0.2, 0) is 4.74 Å². The van der Waals surface area contributed by atoms with Crippen molar-refractivity contribution in [1.82, 2.24) is 9.88 Å². The number of aromatic nitrogens is 1. The maximum absolute atomic E-state index is 12.4. The summed E-state index contributed by atoms with van der Waals surface area (Å²) in [5, 5.41) is 3.52. The molecular weight excluding hydrogens is 430 g/mol. The number of rotatable bonds is 4. The van der Waals surface area contributed by atoms with E-state index in [9.17, 15) is 4.79 Å². The summed E-state index contributed by atoms with van der Waals surface area (Å²) in [6.07, 6.45) is 7.60. The van der Waals surface area contributed by atoms with Gasteiger partial charge in [-0.1, -0.05) is 40.2 Å². The second-order valence-corrected chi connectivity index (χ2v) is 9.15. The first kappa shape index (κ1) is 21.4. The highest BCUT2D eigenvalue weighted by Gasteiger charge is 2.27. The van der Waals surface area contributed by atoms with Crippen molar-refractivity contribution in [2.75, 3.05) is 18.4 Å². The van der Waals surface area contributed by atoms with Crippen LogP contribution < -0.4 is 5.32 Å². The molecule has 0 radical (unpaired) electrons. The summed E-state index contributed by atoms with van der Waals surface area (Å²) in [5.74, 6) is 0.830. The largest absolute Gasteiger partial charge is 0.444 e. The fourth-order valence-corrected chi connectivity index (χ4v) is 3.48. The molecule has 154 valence electrons. The molecule has 0 bridgehead atoms. The summed E-state index contributed by atoms with van der Waals surface area (Å²) in [4.78, 5) is 18.7. The van der Waals surface area contributed by atoms with E-state index in [0.717, 1.165) is 40.8 Å². The SMILES string of the molecule is CC(C)(C)OC(=O)N1CCCC(Nc2ncccc2C=Cc2ccc(Br)cc2)C1. The maximum atomic E-state index is 12.4. The van der Waals surface area contributed by atoms with E-state index in [1.54, 1.807) is 11.1 Å². The Hall–Kier alpha value is -2.34. The molecular formula is C23H28BrN3O2. The molecule has 6 heteroatoms. The first-order chi connectivity index (χ1) is 13.8. The number of hydrogen-bond acceptors (Lipinski definition) is 4. The van der Waals surface area contributed by atoms with Gasteiger partial charge < -0.3 is 15.0 Å². The Kier molecular flexibility index (Phi) is 6.96. The highest BCUT2D eigenvalue weighted by Crippen LogP contribution is 2.21. The van der Waals surface area contributed by atoms with Gasteiger partial charge in [-0.05, 0) is 63.4 Å². The van der Waals surface area contributed by atoms with Crippen molar-refractivity contribution in [3.05, 3.63) is 58.2 Å². The molecule has 1 amide bonds. The molecule has 1 aliphatic rings. The summed E-state index contributed by atoms with van der Waals surface area (Å²) in [6, 6.07) is 12.3. The van der Waals surface area contributed by atoms with Gasteiger partial charge in [-0.3, -0.25) is 0 Å². The number of nitrogens with one attached hydrogen (secondary N) is 1. The molecule has 29 heavy (non-hydrogen) atoms. The zero-order valence-corrected chi connectivity index (χ0v) is 18.8. The summed E-state index contributed by atoms with van der Waals surface area (Å²) in [6.45, 7) is 7.01. The highest BCUT2D eigenvalue weighted by molar-refractivity contribution is 9.10. The van der Waals surface area contributed by atoms with Gasteiger partial charge in [0.05, 0.1) is 0 Å². The van der Waals surface area contributed by atoms with Crippen molar-refractivity contribution >= 4 is 40.0 Å². The Bertz CT molecular complexity index is 859. The number of carbonyl (C=O) groups is 1. The lowest BCUT2D eigenvalue weighted by atomic mass is 10.1. The van der Waals surface area contributed by atoms with Crippen molar-refractivity contribution in [3.63, 3.8) is 0 Å². The Balaban J connectivity index is 1.67. The van der Waals surface area contributed by atoms with Crippen molar-refractivity contribution in [3.8, 4) is 0 Å². The van der Waals surface area contributed by atoms with Gasteiger partial charge in [0.1, 0.15) is 11.4 Å². The molecule has 5 nitrogen and oxygen atoms in total. The van der Waals surface area contributed by atoms with E-state index in [0.29, 0.717) is 6.54 Å². The number of ether oxygens (including phenoxy) is 1. The Morgan fingerprint density at radius 1 is 1.24 bits per heavy atom. The van der Waals surface area contributed by atoms with Gasteiger partial charge in [0.15, 0.2) is 0 Å². The van der Waals surface area contributed by atoms with Gasteiger partial charge in [0.2, 0.25) is 0 Å². The number of likely N-dealkylation sites (tertiary alicyclic amines) is 1. The van der Waals surface area contributed by atoms with Gasteiger partial charge >= 0.3 is 6.09 Å². The highest BCUT2D eigenvalue weighted by atomic mass is 79.9. The Morgan fingerprint density at radius 2 is 2.00 bits per heavy atom. The second-order valence-electron chi connectivity index (χ2n) is 8.24. The van der Waals surface area contributed by atoms with Crippen LogP contribution in [0.25, 0.3) is 12.2 Å². The standard InChI is InChI=1S/C23H28BrN3O2/c1-23(2,3)29-22(28)27-15-5-7-20(16-27)26-21-18(6-4-14-25-21)11-8-17-9-12-19(24)13-10-17/h4,6,8-14,20H,5,7,15-16H2,1-3H3,(H,25,26). The number of carbonyl (C=O) groups excluding carboxylic acids is 1. The van der Waals surface area contributed by atoms with Crippen LogP contribution in [0, 0.1) is 0 Å². The van der Waals surface area contributed by atoms with Crippen molar-refractivity contribution in [1.29, 1.82) is 0 Å². The Labute approximate surface area is 181 Å². The predicted molar refractivity (Wildman–Crippen MR) is 122 cm³/mol. The van der Waals surface area contributed by atoms with Crippen LogP contribution in [0.15, 0.2) is 47.1 Å². The topological polar surface area (TPSA) is 54.5 Å². The molecule has 1 aliphatic heterocycles. The van der Waals surface area contributed by atoms with Gasteiger partial charge in [-0.2, -0.15) is 0 Å². The minimum absolute atomic E-state index is 0.144. The molecule has 1 aromatic carbocycles. The average Bonchev–Trinajstić information content (AvgIpc) is 2.67. The van der Waals surface area contributed by atoms with E-state index in [-0.39, 0.29) is 12.1 Å². The molecule has 1 N–H and O–H groups in total. The van der Waals surface area contributed by atoms with Gasteiger partial charge in [-0.15, -0.1) is 0 Å². The van der Waals surface area contributed by atoms with Crippen LogP contribution in [0.3, 0.4) is 0 Å². The van der Waals surface area contributed by atoms with E-state index < -0.39 is 5.60 Å². The third-order valence-electron chi connectivity index (χ3n) is 4.58. The molecule has 1 aromatic heterocycles. The number of anilines is 1. The molecule has 1 saturated heterocycles. The minimum Gasteiger partial charge on any atom is -0.444 e. The van der Waals surface area contributed by atoms with Crippen LogP contribution in [0.4, 0.5) is 10.6 Å². The van der Waals surface area contributed by atoms with E-state index in [1.165, 1.54) is 0 Å². The number of nitrogens with zero attached hydrogens (tertiary/aromatic N) is 2. The maximum Gasteiger partial charge on any atom is 0.410 e. The smallest absolute Gasteiger partial charge is 0.410 e. The molecule has 2 aromatic rings. The first-order valence-electron chi connectivity index (χ1n) is 9.93. The van der Waals surface area contributed by atoms with E-state index >= 15 is 0 Å². The lowest BCUT2D eigenvalue weighted by Gasteiger charge is -2.34. The third-order valence-corrected chi connectivity index (χ3v) is 5.11. The lowest BCUT2D eigenvalue weighted by molar-refractivity contribution is 0.0206. The molecule has 0 aliphatic carbocycles. The van der Waals surface area contributed by atoms with Crippen molar-refractivity contribution in [2.45, 2.75) is 45.3 Å². The summed E-state index contributed by atoms with van der Waals surface area (Å²) in [5.41, 5.74) is 1.66. The lowest BCUT2D eigenvalue weighted by Crippen LogP contribution is -2.47. The number of pyridine rings is 1. The fraction of sp³-hybridized carbons (Fsp3) is 0.391. The summed E-state index contributed by atoms with van der Waals surface area (Å²) in [7, 11) is 0. The zero-order valence-electron chi connectivity index (χ0n) is 17.2. The number of halogens is 1. The van der Waals surface area contributed by atoms with Gasteiger partial charge in [0, 0.05) is 35.4 Å². The van der Waals surface area contributed by atoms with Crippen LogP contribution in [0.1, 0.15) is 44.7 Å². The predicted octanol–water partition coefficient (Wildman–Crippen LogP) is 5.83. The van der Waals surface area contributed by atoms with Crippen molar-refractivity contribution in [2.24, 2.45) is 0 Å². The first-order valence-corrected chi connectivity index (χ1v) is 10.7. The summed E-state index contributed by atoms with van der Waals surface area (Å²) >= 11 is 3.46. The second kappa shape index (κ2) is 9.44. The van der Waals surface area contributed by atoms with E-state index in [1.807, 2.05) is 45.0 Å². The number of benzene rings is 1. The summed E-state index contributed by atoms with van der Waals surface area (Å²) < 4.78 is 6.58.